The number of carbonyl (C=O) groups excluding carboxylic acids is 1. The van der Waals surface area contributed by atoms with Gasteiger partial charge in [0.05, 0.1) is 6.04 Å². The van der Waals surface area contributed by atoms with Gasteiger partial charge >= 0.3 is 0 Å². The Morgan fingerprint density at radius 3 is 2.00 bits per heavy atom. The van der Waals surface area contributed by atoms with E-state index in [0.29, 0.717) is 5.78 Å². The average molecular weight is 185 g/mol. The summed E-state index contributed by atoms with van der Waals surface area (Å²) in [7, 11) is 0. The molecule has 2 nitrogen and oxygen atoms in total. The van der Waals surface area contributed by atoms with Gasteiger partial charge in [0.1, 0.15) is 0 Å². The van der Waals surface area contributed by atoms with Gasteiger partial charge in [0.2, 0.25) is 0 Å². The lowest BCUT2D eigenvalue weighted by molar-refractivity contribution is -0.124. The van der Waals surface area contributed by atoms with Crippen LogP contribution in [-0.2, 0) is 4.79 Å². The van der Waals surface area contributed by atoms with Crippen molar-refractivity contribution in [1.29, 1.82) is 0 Å². The largest absolute Gasteiger partial charge is 0.303 e. The van der Waals surface area contributed by atoms with E-state index < -0.39 is 0 Å². The van der Waals surface area contributed by atoms with Crippen molar-refractivity contribution >= 4 is 5.78 Å². The first-order chi connectivity index (χ1) is 5.78. The van der Waals surface area contributed by atoms with Gasteiger partial charge in [-0.2, -0.15) is 0 Å². The summed E-state index contributed by atoms with van der Waals surface area (Å²) in [6.07, 6.45) is 0.869. The van der Waals surface area contributed by atoms with Crippen molar-refractivity contribution in [3.8, 4) is 0 Å². The highest BCUT2D eigenvalue weighted by atomic mass is 16.1. The Hall–Kier alpha value is -0.370. The molecule has 0 aliphatic rings. The van der Waals surface area contributed by atoms with E-state index in [-0.39, 0.29) is 17.5 Å². The van der Waals surface area contributed by atoms with Crippen molar-refractivity contribution in [2.45, 2.75) is 59.5 Å². The van der Waals surface area contributed by atoms with Crippen molar-refractivity contribution in [2.75, 3.05) is 0 Å². The van der Waals surface area contributed by atoms with Gasteiger partial charge in [-0.25, -0.2) is 0 Å². The molecule has 0 aromatic heterocycles. The second-order valence-corrected chi connectivity index (χ2v) is 4.91. The van der Waals surface area contributed by atoms with E-state index in [0.717, 1.165) is 6.42 Å². The molecule has 0 saturated carbocycles. The van der Waals surface area contributed by atoms with Crippen LogP contribution in [-0.4, -0.2) is 17.4 Å². The van der Waals surface area contributed by atoms with Crippen LogP contribution in [0.2, 0.25) is 0 Å². The van der Waals surface area contributed by atoms with Crippen molar-refractivity contribution in [1.82, 2.24) is 5.32 Å². The van der Waals surface area contributed by atoms with Crippen LogP contribution >= 0.6 is 0 Å². The minimum atomic E-state index is 0.0139. The van der Waals surface area contributed by atoms with E-state index in [2.05, 4.69) is 26.1 Å². The Bertz CT molecular complexity index is 167. The summed E-state index contributed by atoms with van der Waals surface area (Å²) in [6.45, 7) is 12.2. The number of carbonyl (C=O) groups is 1. The molecule has 0 saturated heterocycles. The van der Waals surface area contributed by atoms with Gasteiger partial charge in [0, 0.05) is 11.5 Å². The van der Waals surface area contributed by atoms with Crippen molar-refractivity contribution in [3.05, 3.63) is 0 Å². The van der Waals surface area contributed by atoms with Crippen LogP contribution in [0.4, 0.5) is 0 Å². The zero-order valence-corrected chi connectivity index (χ0v) is 9.77. The molecule has 0 heterocycles. The molecule has 13 heavy (non-hydrogen) atoms. The molecule has 2 heteroatoms. The maximum atomic E-state index is 11.7. The van der Waals surface area contributed by atoms with E-state index in [1.54, 1.807) is 0 Å². The first-order valence-corrected chi connectivity index (χ1v) is 5.09. The fourth-order valence-corrected chi connectivity index (χ4v) is 1.30. The molecule has 1 atom stereocenters. The number of nitrogens with one attached hydrogen (secondary N) is 1. The highest BCUT2D eigenvalue weighted by Crippen LogP contribution is 2.08. The molecule has 0 bridgehead atoms. The van der Waals surface area contributed by atoms with Crippen LogP contribution < -0.4 is 5.32 Å². The standard InChI is InChI=1S/C11H23NO/c1-7-9(10(13)8(2)3)12-11(4,5)6/h8-9,12H,7H2,1-6H3. The Kier molecular flexibility index (Phi) is 4.62. The number of rotatable bonds is 4. The summed E-state index contributed by atoms with van der Waals surface area (Å²) < 4.78 is 0. The molecule has 0 amide bonds. The Morgan fingerprint density at radius 2 is 1.77 bits per heavy atom. The predicted molar refractivity (Wildman–Crippen MR) is 56.8 cm³/mol. The molecule has 0 aliphatic heterocycles. The lowest BCUT2D eigenvalue weighted by Crippen LogP contribution is -2.48. The minimum Gasteiger partial charge on any atom is -0.303 e. The summed E-state index contributed by atoms with van der Waals surface area (Å²) >= 11 is 0. The molecule has 78 valence electrons. The molecule has 0 spiro atoms. The van der Waals surface area contributed by atoms with Gasteiger partial charge in [0.15, 0.2) is 5.78 Å². The van der Waals surface area contributed by atoms with Crippen molar-refractivity contribution < 1.29 is 4.79 Å². The number of Topliss-reactive ketones (excluding diaryl/α,β-unsaturated/α-hetero) is 1. The molecular formula is C11H23NO. The monoisotopic (exact) mass is 185 g/mol. The highest BCUT2D eigenvalue weighted by molar-refractivity contribution is 5.85. The lowest BCUT2D eigenvalue weighted by atomic mass is 9.97. The second kappa shape index (κ2) is 4.75. The second-order valence-electron chi connectivity index (χ2n) is 4.91. The van der Waals surface area contributed by atoms with Crippen molar-refractivity contribution in [3.63, 3.8) is 0 Å². The smallest absolute Gasteiger partial charge is 0.152 e. The summed E-state index contributed by atoms with van der Waals surface area (Å²) in [4.78, 5) is 11.7. The third-order valence-corrected chi connectivity index (χ3v) is 1.93. The zero-order chi connectivity index (χ0) is 10.6. The SMILES string of the molecule is CCC(NC(C)(C)C)C(=O)C(C)C. The quantitative estimate of drug-likeness (QED) is 0.728. The fourth-order valence-electron chi connectivity index (χ4n) is 1.30. The van der Waals surface area contributed by atoms with E-state index in [1.807, 2.05) is 20.8 Å². The number of ketones is 1. The van der Waals surface area contributed by atoms with Gasteiger partial charge in [-0.05, 0) is 27.2 Å². The van der Waals surface area contributed by atoms with Crippen LogP contribution in [0, 0.1) is 5.92 Å². The fraction of sp³-hybridized carbons (Fsp3) is 0.909. The molecule has 1 unspecified atom stereocenters. The van der Waals surface area contributed by atoms with E-state index >= 15 is 0 Å². The Morgan fingerprint density at radius 1 is 1.31 bits per heavy atom. The molecular weight excluding hydrogens is 162 g/mol. The number of hydrogen-bond acceptors (Lipinski definition) is 2. The number of hydrogen-bond donors (Lipinski definition) is 1. The molecule has 0 radical (unpaired) electrons. The maximum Gasteiger partial charge on any atom is 0.152 e. The molecule has 0 aliphatic carbocycles. The Labute approximate surface area is 82.1 Å². The van der Waals surface area contributed by atoms with E-state index in [1.165, 1.54) is 0 Å². The molecule has 1 N–H and O–H groups in total. The summed E-state index contributed by atoms with van der Waals surface area (Å²) in [6, 6.07) is 0.0139. The van der Waals surface area contributed by atoms with Crippen LogP contribution in [0.15, 0.2) is 0 Å². The first-order valence-electron chi connectivity index (χ1n) is 5.09. The van der Waals surface area contributed by atoms with E-state index in [4.69, 9.17) is 0 Å². The van der Waals surface area contributed by atoms with Gasteiger partial charge in [0.25, 0.3) is 0 Å². The third-order valence-electron chi connectivity index (χ3n) is 1.93. The van der Waals surface area contributed by atoms with Crippen LogP contribution in [0.3, 0.4) is 0 Å². The van der Waals surface area contributed by atoms with Crippen LogP contribution in [0.25, 0.3) is 0 Å². The van der Waals surface area contributed by atoms with Crippen LogP contribution in [0.1, 0.15) is 48.0 Å². The third kappa shape index (κ3) is 5.04. The maximum absolute atomic E-state index is 11.7. The predicted octanol–water partition coefficient (Wildman–Crippen LogP) is 2.38. The summed E-state index contributed by atoms with van der Waals surface area (Å²) in [5, 5.41) is 3.34. The molecule has 0 rings (SSSR count). The van der Waals surface area contributed by atoms with E-state index in [9.17, 15) is 4.79 Å². The molecule has 0 fully saturated rings. The normalized spacial score (nSPS) is 14.7. The average Bonchev–Trinajstić information content (AvgIpc) is 1.97. The summed E-state index contributed by atoms with van der Waals surface area (Å²) in [5.41, 5.74) is 0.0191. The zero-order valence-electron chi connectivity index (χ0n) is 9.77. The first kappa shape index (κ1) is 12.6. The highest BCUT2D eigenvalue weighted by Gasteiger charge is 2.23. The molecule has 0 aromatic rings. The minimum absolute atomic E-state index is 0.0139. The van der Waals surface area contributed by atoms with Gasteiger partial charge in [-0.15, -0.1) is 0 Å². The van der Waals surface area contributed by atoms with Crippen molar-refractivity contribution in [2.24, 2.45) is 5.92 Å². The lowest BCUT2D eigenvalue weighted by Gasteiger charge is -2.27. The van der Waals surface area contributed by atoms with Crippen LogP contribution in [0.5, 0.6) is 0 Å². The van der Waals surface area contributed by atoms with Gasteiger partial charge in [-0.1, -0.05) is 20.8 Å². The molecule has 0 aromatic carbocycles. The van der Waals surface area contributed by atoms with Gasteiger partial charge in [-0.3, -0.25) is 4.79 Å². The summed E-state index contributed by atoms with van der Waals surface area (Å²) in [5.74, 6) is 0.442. The van der Waals surface area contributed by atoms with Gasteiger partial charge < -0.3 is 5.32 Å². The Balaban J connectivity index is 4.27. The topological polar surface area (TPSA) is 29.1 Å².